The van der Waals surface area contributed by atoms with Gasteiger partial charge in [0.15, 0.2) is 0 Å². The summed E-state index contributed by atoms with van der Waals surface area (Å²) in [6, 6.07) is -0.891. The zero-order chi connectivity index (χ0) is 9.78. The summed E-state index contributed by atoms with van der Waals surface area (Å²) in [4.78, 5) is 27.5. The van der Waals surface area contributed by atoms with Gasteiger partial charge in [-0.05, 0) is 13.3 Å². The number of hydroxylamine groups is 1. The first kappa shape index (κ1) is 11.7. The minimum Gasteiger partial charge on any atom is -0.324 e. The summed E-state index contributed by atoms with van der Waals surface area (Å²) >= 11 is 0. The van der Waals surface area contributed by atoms with Gasteiger partial charge in [0, 0.05) is 0 Å². The van der Waals surface area contributed by atoms with E-state index < -0.39 is 19.8 Å². The molecule has 0 aromatic heterocycles. The minimum absolute atomic E-state index is 0.0733. The van der Waals surface area contributed by atoms with Crippen LogP contribution in [0.25, 0.3) is 0 Å². The lowest BCUT2D eigenvalue weighted by Gasteiger charge is -2.11. The zero-order valence-electron chi connectivity index (χ0n) is 6.60. The van der Waals surface area contributed by atoms with Crippen LogP contribution in [-0.4, -0.2) is 33.0 Å². The van der Waals surface area contributed by atoms with Gasteiger partial charge < -0.3 is 15.0 Å². The summed E-state index contributed by atoms with van der Waals surface area (Å²) in [5.74, 6) is -0.356. The van der Waals surface area contributed by atoms with Gasteiger partial charge in [0.1, 0.15) is 5.78 Å². The average molecular weight is 197 g/mol. The Hall–Kier alpha value is -0.260. The number of carbonyl (C=O) groups is 1. The number of nitrogens with one attached hydrogen (secondary N) is 1. The monoisotopic (exact) mass is 197 g/mol. The predicted octanol–water partition coefficient (Wildman–Crippen LogP) is -0.509. The van der Waals surface area contributed by atoms with E-state index in [2.05, 4.69) is 0 Å². The van der Waals surface area contributed by atoms with E-state index in [-0.39, 0.29) is 12.2 Å². The SMILES string of the molecule is CC(=O)C(CCP(=O)(O)O)NO. The summed E-state index contributed by atoms with van der Waals surface area (Å²) in [7, 11) is -4.08. The van der Waals surface area contributed by atoms with Crippen LogP contribution in [0.3, 0.4) is 0 Å². The van der Waals surface area contributed by atoms with Gasteiger partial charge in [-0.1, -0.05) is 0 Å². The van der Waals surface area contributed by atoms with Crippen molar-refractivity contribution in [2.24, 2.45) is 0 Å². The van der Waals surface area contributed by atoms with Gasteiger partial charge in [-0.15, -0.1) is 0 Å². The highest BCUT2D eigenvalue weighted by Crippen LogP contribution is 2.35. The second-order valence-corrected chi connectivity index (χ2v) is 4.25. The van der Waals surface area contributed by atoms with E-state index >= 15 is 0 Å². The molecule has 0 heterocycles. The van der Waals surface area contributed by atoms with Crippen LogP contribution < -0.4 is 5.48 Å². The third-order valence-electron chi connectivity index (χ3n) is 1.36. The lowest BCUT2D eigenvalue weighted by molar-refractivity contribution is -0.121. The van der Waals surface area contributed by atoms with Crippen LogP contribution in [0.1, 0.15) is 13.3 Å². The Morgan fingerprint density at radius 3 is 2.33 bits per heavy atom. The Morgan fingerprint density at radius 1 is 1.58 bits per heavy atom. The first-order valence-corrected chi connectivity index (χ1v) is 5.11. The molecule has 0 aromatic rings. The van der Waals surface area contributed by atoms with Crippen molar-refractivity contribution < 1.29 is 24.4 Å². The van der Waals surface area contributed by atoms with Gasteiger partial charge in [0.25, 0.3) is 0 Å². The predicted molar refractivity (Wildman–Crippen MR) is 40.9 cm³/mol. The molecule has 0 saturated carbocycles. The number of ketones is 1. The smallest absolute Gasteiger partial charge is 0.324 e. The van der Waals surface area contributed by atoms with Crippen molar-refractivity contribution in [3.8, 4) is 0 Å². The number of hydrogen-bond donors (Lipinski definition) is 4. The molecule has 0 radical (unpaired) electrons. The Morgan fingerprint density at radius 2 is 2.08 bits per heavy atom. The van der Waals surface area contributed by atoms with Gasteiger partial charge in [-0.25, -0.2) is 0 Å². The average Bonchev–Trinajstić information content (AvgIpc) is 1.85. The second-order valence-electron chi connectivity index (χ2n) is 2.47. The molecule has 7 heteroatoms. The highest BCUT2D eigenvalue weighted by Gasteiger charge is 2.19. The van der Waals surface area contributed by atoms with Gasteiger partial charge in [0.2, 0.25) is 0 Å². The maximum absolute atomic E-state index is 10.6. The maximum atomic E-state index is 10.6. The fraction of sp³-hybridized carbons (Fsp3) is 0.800. The standard InChI is InChI=1S/C5H12NO5P/c1-4(7)5(6-8)2-3-12(9,10)11/h5-6,8H,2-3H2,1H3,(H2,9,10,11). The molecule has 6 nitrogen and oxygen atoms in total. The Bertz CT molecular complexity index is 200. The van der Waals surface area contributed by atoms with Gasteiger partial charge >= 0.3 is 7.60 Å². The van der Waals surface area contributed by atoms with Crippen LogP contribution in [0.4, 0.5) is 0 Å². The quantitative estimate of drug-likeness (QED) is 0.349. The van der Waals surface area contributed by atoms with Crippen LogP contribution in [-0.2, 0) is 9.36 Å². The van der Waals surface area contributed by atoms with E-state index in [0.717, 1.165) is 0 Å². The number of carbonyl (C=O) groups excluding carboxylic acids is 1. The molecule has 0 saturated heterocycles. The highest BCUT2D eigenvalue weighted by molar-refractivity contribution is 7.51. The third-order valence-corrected chi connectivity index (χ3v) is 2.20. The van der Waals surface area contributed by atoms with Crippen molar-refractivity contribution in [2.75, 3.05) is 6.16 Å². The zero-order valence-corrected chi connectivity index (χ0v) is 7.49. The Kier molecular flexibility index (Phi) is 4.59. The maximum Gasteiger partial charge on any atom is 0.325 e. The fourth-order valence-corrected chi connectivity index (χ4v) is 1.25. The molecular formula is C5H12NO5P. The number of Topliss-reactive ketones (excluding diaryl/α,β-unsaturated/α-hetero) is 1. The molecule has 4 N–H and O–H groups in total. The van der Waals surface area contributed by atoms with E-state index in [1.807, 2.05) is 0 Å². The molecule has 0 aliphatic heterocycles. The lowest BCUT2D eigenvalue weighted by Crippen LogP contribution is -2.33. The second kappa shape index (κ2) is 4.69. The molecule has 0 amide bonds. The van der Waals surface area contributed by atoms with Crippen molar-refractivity contribution in [1.82, 2.24) is 5.48 Å². The van der Waals surface area contributed by atoms with Crippen molar-refractivity contribution in [3.05, 3.63) is 0 Å². The molecule has 0 rings (SSSR count). The van der Waals surface area contributed by atoms with E-state index in [1.54, 1.807) is 5.48 Å². The number of hydrogen-bond acceptors (Lipinski definition) is 4. The molecule has 0 bridgehead atoms. The van der Waals surface area contributed by atoms with E-state index in [4.69, 9.17) is 15.0 Å². The van der Waals surface area contributed by atoms with E-state index in [1.165, 1.54) is 6.92 Å². The summed E-state index contributed by atoms with van der Waals surface area (Å²) in [5, 5.41) is 8.37. The van der Waals surface area contributed by atoms with E-state index in [9.17, 15) is 9.36 Å². The normalized spacial score (nSPS) is 14.3. The summed E-state index contributed by atoms with van der Waals surface area (Å²) in [6.07, 6.45) is -0.485. The lowest BCUT2D eigenvalue weighted by atomic mass is 10.2. The highest BCUT2D eigenvalue weighted by atomic mass is 31.2. The van der Waals surface area contributed by atoms with Crippen LogP contribution in [0.5, 0.6) is 0 Å². The van der Waals surface area contributed by atoms with Gasteiger partial charge in [0.05, 0.1) is 12.2 Å². The third kappa shape index (κ3) is 5.40. The van der Waals surface area contributed by atoms with Crippen LogP contribution >= 0.6 is 7.60 Å². The molecule has 72 valence electrons. The summed E-state index contributed by atoms with van der Waals surface area (Å²) in [5.41, 5.74) is 1.68. The van der Waals surface area contributed by atoms with Crippen molar-refractivity contribution in [3.63, 3.8) is 0 Å². The van der Waals surface area contributed by atoms with Crippen molar-refractivity contribution >= 4 is 13.4 Å². The first-order chi connectivity index (χ1) is 5.37. The van der Waals surface area contributed by atoms with Crippen LogP contribution in [0.2, 0.25) is 0 Å². The van der Waals surface area contributed by atoms with Crippen LogP contribution in [0, 0.1) is 0 Å². The molecule has 1 unspecified atom stereocenters. The fourth-order valence-electron chi connectivity index (χ4n) is 0.656. The minimum atomic E-state index is -4.08. The van der Waals surface area contributed by atoms with Gasteiger partial charge in [-0.3, -0.25) is 9.36 Å². The van der Waals surface area contributed by atoms with Crippen molar-refractivity contribution in [2.45, 2.75) is 19.4 Å². The first-order valence-electron chi connectivity index (χ1n) is 3.31. The molecule has 12 heavy (non-hydrogen) atoms. The Balaban J connectivity index is 3.90. The van der Waals surface area contributed by atoms with Gasteiger partial charge in [-0.2, -0.15) is 5.48 Å². The molecule has 1 atom stereocenters. The topological polar surface area (TPSA) is 107 Å². The Labute approximate surface area is 69.7 Å². The molecule has 0 aliphatic carbocycles. The summed E-state index contributed by atoms with van der Waals surface area (Å²) < 4.78 is 10.3. The molecule has 0 aliphatic rings. The van der Waals surface area contributed by atoms with E-state index in [0.29, 0.717) is 0 Å². The molecule has 0 fully saturated rings. The summed E-state index contributed by atoms with van der Waals surface area (Å²) in [6.45, 7) is 1.23. The molecular weight excluding hydrogens is 185 g/mol. The molecule has 0 spiro atoms. The van der Waals surface area contributed by atoms with Crippen LogP contribution in [0.15, 0.2) is 0 Å². The molecule has 0 aromatic carbocycles. The number of rotatable bonds is 5. The van der Waals surface area contributed by atoms with Crippen molar-refractivity contribution in [1.29, 1.82) is 0 Å². The largest absolute Gasteiger partial charge is 0.325 e.